The van der Waals surface area contributed by atoms with Gasteiger partial charge in [-0.3, -0.25) is 0 Å². The summed E-state index contributed by atoms with van der Waals surface area (Å²) in [5.41, 5.74) is 8.05. The smallest absolute Gasteiger partial charge is 0.00935 e. The van der Waals surface area contributed by atoms with Crippen molar-refractivity contribution in [3.8, 4) is 0 Å². The lowest BCUT2D eigenvalue weighted by molar-refractivity contribution is 0.655. The molecule has 0 nitrogen and oxygen atoms in total. The third-order valence-electron chi connectivity index (χ3n) is 5.34. The van der Waals surface area contributed by atoms with Gasteiger partial charge in [-0.2, -0.15) is 0 Å². The normalized spacial score (nSPS) is 19.6. The van der Waals surface area contributed by atoms with Gasteiger partial charge in [0.05, 0.1) is 0 Å². The van der Waals surface area contributed by atoms with Crippen LogP contribution in [-0.2, 0) is 0 Å². The Morgan fingerprint density at radius 2 is 1.35 bits per heavy atom. The first-order chi connectivity index (χ1) is 12.7. The zero-order valence-electron chi connectivity index (χ0n) is 15.4. The molecule has 2 unspecified atom stereocenters. The first-order valence-corrected chi connectivity index (χ1v) is 9.33. The summed E-state index contributed by atoms with van der Waals surface area (Å²) in [5.74, 6) is 0.817. The van der Waals surface area contributed by atoms with E-state index in [9.17, 15) is 0 Å². The second-order valence-electron chi connectivity index (χ2n) is 7.18. The summed E-state index contributed by atoms with van der Waals surface area (Å²) in [7, 11) is 0. The summed E-state index contributed by atoms with van der Waals surface area (Å²) in [6, 6.07) is 30.5. The van der Waals surface area contributed by atoms with E-state index in [2.05, 4.69) is 111 Å². The number of benzene rings is 3. The molecule has 26 heavy (non-hydrogen) atoms. The fourth-order valence-corrected chi connectivity index (χ4v) is 3.93. The lowest BCUT2D eigenvalue weighted by Gasteiger charge is -2.30. The third-order valence-corrected chi connectivity index (χ3v) is 5.34. The standard InChI is InChI=1S/C26H24/c1-19-10-9-15-23(16-19)26-18-24(21-11-5-3-6-12-21)17-25(20(26)2)22-13-7-4-8-14-22/h3-18,20,26H,1-2H3. The molecule has 0 radical (unpaired) electrons. The second kappa shape index (κ2) is 7.17. The van der Waals surface area contributed by atoms with Crippen LogP contribution >= 0.6 is 0 Å². The van der Waals surface area contributed by atoms with E-state index in [0.717, 1.165) is 0 Å². The Balaban J connectivity index is 1.85. The lowest BCUT2D eigenvalue weighted by atomic mass is 9.74. The van der Waals surface area contributed by atoms with E-state index in [1.54, 1.807) is 0 Å². The Kier molecular flexibility index (Phi) is 4.58. The van der Waals surface area contributed by atoms with Gasteiger partial charge < -0.3 is 0 Å². The van der Waals surface area contributed by atoms with Crippen LogP contribution in [0, 0.1) is 12.8 Å². The van der Waals surface area contributed by atoms with Crippen molar-refractivity contribution in [2.45, 2.75) is 19.8 Å². The highest BCUT2D eigenvalue weighted by Gasteiger charge is 2.26. The van der Waals surface area contributed by atoms with Crippen LogP contribution in [0.25, 0.3) is 11.1 Å². The first kappa shape index (κ1) is 16.6. The maximum atomic E-state index is 2.45. The molecule has 128 valence electrons. The van der Waals surface area contributed by atoms with E-state index in [1.165, 1.54) is 33.4 Å². The van der Waals surface area contributed by atoms with E-state index in [1.807, 2.05) is 0 Å². The minimum absolute atomic E-state index is 0.380. The Hall–Kier alpha value is -2.86. The molecule has 0 bridgehead atoms. The van der Waals surface area contributed by atoms with Crippen LogP contribution in [0.4, 0.5) is 0 Å². The fourth-order valence-electron chi connectivity index (χ4n) is 3.93. The topological polar surface area (TPSA) is 0 Å². The van der Waals surface area contributed by atoms with E-state index < -0.39 is 0 Å². The van der Waals surface area contributed by atoms with Crippen molar-refractivity contribution in [1.29, 1.82) is 0 Å². The van der Waals surface area contributed by atoms with E-state index >= 15 is 0 Å². The number of hydrogen-bond acceptors (Lipinski definition) is 0. The summed E-state index contributed by atoms with van der Waals surface area (Å²) in [6.07, 6.45) is 4.82. The predicted octanol–water partition coefficient (Wildman–Crippen LogP) is 6.90. The summed E-state index contributed by atoms with van der Waals surface area (Å²) in [5, 5.41) is 0. The molecule has 0 heteroatoms. The highest BCUT2D eigenvalue weighted by molar-refractivity contribution is 5.87. The number of aryl methyl sites for hydroxylation is 1. The summed E-state index contributed by atoms with van der Waals surface area (Å²) < 4.78 is 0. The van der Waals surface area contributed by atoms with Gasteiger partial charge in [0.15, 0.2) is 0 Å². The molecule has 0 heterocycles. The van der Waals surface area contributed by atoms with Gasteiger partial charge in [-0.05, 0) is 40.7 Å². The molecule has 0 saturated carbocycles. The van der Waals surface area contributed by atoms with Gasteiger partial charge in [0, 0.05) is 5.92 Å². The average Bonchev–Trinajstić information content (AvgIpc) is 2.69. The third kappa shape index (κ3) is 3.28. The summed E-state index contributed by atoms with van der Waals surface area (Å²) in [4.78, 5) is 0. The SMILES string of the molecule is Cc1cccc(C2C=C(c3ccccc3)C=C(c3ccccc3)C2C)c1. The molecule has 3 aromatic rings. The maximum absolute atomic E-state index is 2.45. The van der Waals surface area contributed by atoms with Crippen LogP contribution in [0.5, 0.6) is 0 Å². The predicted molar refractivity (Wildman–Crippen MR) is 112 cm³/mol. The van der Waals surface area contributed by atoms with Crippen LogP contribution in [0.15, 0.2) is 97.1 Å². The van der Waals surface area contributed by atoms with Gasteiger partial charge in [0.2, 0.25) is 0 Å². The molecular formula is C26H24. The van der Waals surface area contributed by atoms with Crippen molar-refractivity contribution in [3.63, 3.8) is 0 Å². The average molecular weight is 336 g/mol. The minimum Gasteiger partial charge on any atom is -0.0685 e. The van der Waals surface area contributed by atoms with Crippen molar-refractivity contribution < 1.29 is 0 Å². The monoisotopic (exact) mass is 336 g/mol. The van der Waals surface area contributed by atoms with E-state index in [4.69, 9.17) is 0 Å². The molecular weight excluding hydrogens is 312 g/mol. The van der Waals surface area contributed by atoms with Crippen molar-refractivity contribution in [3.05, 3.63) is 119 Å². The fraction of sp³-hybridized carbons (Fsp3) is 0.154. The van der Waals surface area contributed by atoms with Crippen LogP contribution in [0.1, 0.15) is 35.1 Å². The number of rotatable bonds is 3. The van der Waals surface area contributed by atoms with E-state index in [0.29, 0.717) is 11.8 Å². The quantitative estimate of drug-likeness (QED) is 0.488. The van der Waals surface area contributed by atoms with Gasteiger partial charge in [-0.25, -0.2) is 0 Å². The Morgan fingerprint density at radius 3 is 2.00 bits per heavy atom. The van der Waals surface area contributed by atoms with Gasteiger partial charge in [-0.1, -0.05) is 110 Å². The highest BCUT2D eigenvalue weighted by atomic mass is 14.3. The van der Waals surface area contributed by atoms with Crippen molar-refractivity contribution in [2.75, 3.05) is 0 Å². The minimum atomic E-state index is 0.380. The zero-order valence-corrected chi connectivity index (χ0v) is 15.4. The molecule has 4 rings (SSSR count). The molecule has 0 spiro atoms. The Morgan fingerprint density at radius 1 is 0.692 bits per heavy atom. The molecule has 0 saturated heterocycles. The van der Waals surface area contributed by atoms with Crippen LogP contribution in [-0.4, -0.2) is 0 Å². The van der Waals surface area contributed by atoms with Crippen molar-refractivity contribution >= 4 is 11.1 Å². The molecule has 0 fully saturated rings. The molecule has 3 aromatic carbocycles. The van der Waals surface area contributed by atoms with Crippen molar-refractivity contribution in [2.24, 2.45) is 5.92 Å². The maximum Gasteiger partial charge on any atom is 0.00935 e. The second-order valence-corrected chi connectivity index (χ2v) is 7.18. The lowest BCUT2D eigenvalue weighted by Crippen LogP contribution is -2.14. The van der Waals surface area contributed by atoms with E-state index in [-0.39, 0.29) is 0 Å². The summed E-state index contributed by atoms with van der Waals surface area (Å²) >= 11 is 0. The zero-order chi connectivity index (χ0) is 17.9. The van der Waals surface area contributed by atoms with Gasteiger partial charge in [0.1, 0.15) is 0 Å². The Bertz CT molecular complexity index is 946. The molecule has 0 aliphatic heterocycles. The molecule has 1 aliphatic rings. The van der Waals surface area contributed by atoms with Crippen LogP contribution in [0.2, 0.25) is 0 Å². The molecule has 0 N–H and O–H groups in total. The van der Waals surface area contributed by atoms with Crippen LogP contribution < -0.4 is 0 Å². The Labute approximate surface area is 156 Å². The van der Waals surface area contributed by atoms with Crippen LogP contribution in [0.3, 0.4) is 0 Å². The number of hydrogen-bond donors (Lipinski definition) is 0. The van der Waals surface area contributed by atoms with Gasteiger partial charge in [-0.15, -0.1) is 0 Å². The first-order valence-electron chi connectivity index (χ1n) is 9.33. The molecule has 2 atom stereocenters. The molecule has 1 aliphatic carbocycles. The number of allylic oxidation sites excluding steroid dienone is 4. The van der Waals surface area contributed by atoms with Crippen molar-refractivity contribution in [1.82, 2.24) is 0 Å². The molecule has 0 aromatic heterocycles. The highest BCUT2D eigenvalue weighted by Crippen LogP contribution is 2.43. The summed E-state index contributed by atoms with van der Waals surface area (Å²) in [6.45, 7) is 4.52. The van der Waals surface area contributed by atoms with Gasteiger partial charge in [0.25, 0.3) is 0 Å². The van der Waals surface area contributed by atoms with Gasteiger partial charge >= 0.3 is 0 Å². The largest absolute Gasteiger partial charge is 0.0685 e. The molecule has 0 amide bonds.